The maximum Gasteiger partial charge on any atom is 0.191 e. The lowest BCUT2D eigenvalue weighted by molar-refractivity contribution is 0.115. The molecule has 6 heteroatoms. The standard InChI is InChI=1S/C19H35N5O/c1-6-20-19(22-13-17-11-18(14(2)3)23-25-17)21-12-16(5)24-10-8-7-9-15(24)4/h11,14-16H,6-10,12-13H2,1-5H3,(H2,20,21,22). The van der Waals surface area contributed by atoms with Crippen molar-refractivity contribution in [3.63, 3.8) is 0 Å². The molecular formula is C19H35N5O. The summed E-state index contributed by atoms with van der Waals surface area (Å²) in [5.74, 6) is 2.01. The van der Waals surface area contributed by atoms with Crippen LogP contribution in [0, 0.1) is 0 Å². The number of guanidine groups is 1. The molecule has 1 fully saturated rings. The molecule has 1 saturated heterocycles. The van der Waals surface area contributed by atoms with Gasteiger partial charge in [-0.1, -0.05) is 25.4 Å². The van der Waals surface area contributed by atoms with Gasteiger partial charge >= 0.3 is 0 Å². The predicted molar refractivity (Wildman–Crippen MR) is 103 cm³/mol. The fourth-order valence-electron chi connectivity index (χ4n) is 3.31. The number of piperidine rings is 1. The molecule has 0 bridgehead atoms. The lowest BCUT2D eigenvalue weighted by Gasteiger charge is -2.38. The summed E-state index contributed by atoms with van der Waals surface area (Å²) in [7, 11) is 0. The third kappa shape index (κ3) is 6.03. The van der Waals surface area contributed by atoms with Crippen molar-refractivity contribution in [3.05, 3.63) is 17.5 Å². The van der Waals surface area contributed by atoms with E-state index in [4.69, 9.17) is 4.52 Å². The number of likely N-dealkylation sites (tertiary alicyclic amines) is 1. The Bertz CT molecular complexity index is 540. The van der Waals surface area contributed by atoms with E-state index in [9.17, 15) is 0 Å². The minimum atomic E-state index is 0.375. The maximum absolute atomic E-state index is 5.37. The molecule has 2 rings (SSSR count). The van der Waals surface area contributed by atoms with Crippen molar-refractivity contribution in [2.24, 2.45) is 4.99 Å². The number of nitrogens with zero attached hydrogens (tertiary/aromatic N) is 3. The largest absolute Gasteiger partial charge is 0.359 e. The molecule has 25 heavy (non-hydrogen) atoms. The minimum Gasteiger partial charge on any atom is -0.359 e. The van der Waals surface area contributed by atoms with Crippen LogP contribution in [0.2, 0.25) is 0 Å². The van der Waals surface area contributed by atoms with Crippen LogP contribution in [0.3, 0.4) is 0 Å². The normalized spacial score (nSPS) is 20.7. The van der Waals surface area contributed by atoms with Crippen LogP contribution in [-0.2, 0) is 6.54 Å². The van der Waals surface area contributed by atoms with Crippen LogP contribution in [-0.4, -0.2) is 47.7 Å². The van der Waals surface area contributed by atoms with E-state index in [1.54, 1.807) is 0 Å². The van der Waals surface area contributed by atoms with E-state index < -0.39 is 0 Å². The second-order valence-electron chi connectivity index (χ2n) is 7.38. The fraction of sp³-hybridized carbons (Fsp3) is 0.789. The lowest BCUT2D eigenvalue weighted by atomic mass is 10.0. The number of hydrogen-bond acceptors (Lipinski definition) is 4. The highest BCUT2D eigenvalue weighted by molar-refractivity contribution is 5.79. The summed E-state index contributed by atoms with van der Waals surface area (Å²) in [5, 5.41) is 10.9. The Hall–Kier alpha value is -1.56. The van der Waals surface area contributed by atoms with Crippen LogP contribution in [0.5, 0.6) is 0 Å². The van der Waals surface area contributed by atoms with Crippen LogP contribution in [0.25, 0.3) is 0 Å². The number of nitrogens with one attached hydrogen (secondary N) is 2. The minimum absolute atomic E-state index is 0.375. The molecule has 2 heterocycles. The monoisotopic (exact) mass is 349 g/mol. The van der Waals surface area contributed by atoms with Crippen molar-refractivity contribution in [1.82, 2.24) is 20.7 Å². The highest BCUT2D eigenvalue weighted by Gasteiger charge is 2.23. The zero-order chi connectivity index (χ0) is 18.2. The van der Waals surface area contributed by atoms with Gasteiger partial charge in [-0.05, 0) is 46.1 Å². The van der Waals surface area contributed by atoms with Gasteiger partial charge in [0.15, 0.2) is 11.7 Å². The first-order valence-corrected chi connectivity index (χ1v) is 9.74. The van der Waals surface area contributed by atoms with Crippen LogP contribution in [0.15, 0.2) is 15.6 Å². The average Bonchev–Trinajstić information content (AvgIpc) is 3.07. The van der Waals surface area contributed by atoms with E-state index in [-0.39, 0.29) is 0 Å². The number of hydrogen-bond donors (Lipinski definition) is 2. The van der Waals surface area contributed by atoms with Crippen molar-refractivity contribution < 1.29 is 4.52 Å². The van der Waals surface area contributed by atoms with Gasteiger partial charge in [0.05, 0.1) is 5.69 Å². The van der Waals surface area contributed by atoms with Gasteiger partial charge in [-0.25, -0.2) is 4.99 Å². The number of aromatic nitrogens is 1. The molecule has 0 amide bonds. The molecule has 1 aromatic heterocycles. The number of rotatable bonds is 7. The van der Waals surface area contributed by atoms with Gasteiger partial charge in [-0.15, -0.1) is 0 Å². The molecule has 0 aromatic carbocycles. The molecule has 0 saturated carbocycles. The van der Waals surface area contributed by atoms with E-state index in [0.29, 0.717) is 24.5 Å². The molecule has 1 aliphatic rings. The molecular weight excluding hydrogens is 314 g/mol. The highest BCUT2D eigenvalue weighted by atomic mass is 16.5. The zero-order valence-electron chi connectivity index (χ0n) is 16.5. The topological polar surface area (TPSA) is 65.7 Å². The Kier molecular flexibility index (Phi) is 7.75. The Labute approximate surface area is 152 Å². The second-order valence-corrected chi connectivity index (χ2v) is 7.38. The summed E-state index contributed by atoms with van der Waals surface area (Å²) in [6.07, 6.45) is 3.98. The van der Waals surface area contributed by atoms with Gasteiger partial charge in [-0.2, -0.15) is 0 Å². The second kappa shape index (κ2) is 9.80. The summed E-state index contributed by atoms with van der Waals surface area (Å²) in [5.41, 5.74) is 0.982. The lowest BCUT2D eigenvalue weighted by Crippen LogP contribution is -2.50. The van der Waals surface area contributed by atoms with Crippen molar-refractivity contribution in [3.8, 4) is 0 Å². The third-order valence-corrected chi connectivity index (χ3v) is 4.89. The van der Waals surface area contributed by atoms with Gasteiger partial charge < -0.3 is 15.2 Å². The molecule has 1 aromatic rings. The first kappa shape index (κ1) is 19.8. The Balaban J connectivity index is 1.88. The molecule has 2 unspecified atom stereocenters. The van der Waals surface area contributed by atoms with Crippen LogP contribution < -0.4 is 10.6 Å². The van der Waals surface area contributed by atoms with E-state index >= 15 is 0 Å². The smallest absolute Gasteiger partial charge is 0.191 e. The van der Waals surface area contributed by atoms with Crippen LogP contribution >= 0.6 is 0 Å². The van der Waals surface area contributed by atoms with Crippen molar-refractivity contribution in [2.45, 2.75) is 78.4 Å². The average molecular weight is 350 g/mol. The Morgan fingerprint density at radius 1 is 1.36 bits per heavy atom. The number of aliphatic imine (C=N–C) groups is 1. The summed E-state index contributed by atoms with van der Waals surface area (Å²) in [6, 6.07) is 3.17. The Morgan fingerprint density at radius 3 is 2.80 bits per heavy atom. The molecule has 6 nitrogen and oxygen atoms in total. The molecule has 142 valence electrons. The third-order valence-electron chi connectivity index (χ3n) is 4.89. The van der Waals surface area contributed by atoms with Gasteiger partial charge in [0.25, 0.3) is 0 Å². The van der Waals surface area contributed by atoms with Crippen molar-refractivity contribution in [2.75, 3.05) is 19.6 Å². The highest BCUT2D eigenvalue weighted by Crippen LogP contribution is 2.18. The van der Waals surface area contributed by atoms with Gasteiger partial charge in [-0.3, -0.25) is 4.90 Å². The predicted octanol–water partition coefficient (Wildman–Crippen LogP) is 3.12. The van der Waals surface area contributed by atoms with E-state index in [1.807, 2.05) is 6.07 Å². The summed E-state index contributed by atoms with van der Waals surface area (Å²) >= 11 is 0. The van der Waals surface area contributed by atoms with E-state index in [1.165, 1.54) is 25.8 Å². The van der Waals surface area contributed by atoms with Crippen LogP contribution in [0.4, 0.5) is 0 Å². The van der Waals surface area contributed by atoms with Crippen LogP contribution in [0.1, 0.15) is 71.3 Å². The molecule has 1 aliphatic heterocycles. The molecule has 2 atom stereocenters. The van der Waals surface area contributed by atoms with Gasteiger partial charge in [0.1, 0.15) is 6.54 Å². The Morgan fingerprint density at radius 2 is 2.16 bits per heavy atom. The molecule has 0 aliphatic carbocycles. The summed E-state index contributed by atoms with van der Waals surface area (Å²) in [6.45, 7) is 14.4. The fourth-order valence-corrected chi connectivity index (χ4v) is 3.31. The quantitative estimate of drug-likeness (QED) is 0.585. The molecule has 0 radical (unpaired) electrons. The van der Waals surface area contributed by atoms with Crippen molar-refractivity contribution >= 4 is 5.96 Å². The zero-order valence-corrected chi connectivity index (χ0v) is 16.5. The van der Waals surface area contributed by atoms with E-state index in [2.05, 4.69) is 60.3 Å². The summed E-state index contributed by atoms with van der Waals surface area (Å²) in [4.78, 5) is 7.24. The van der Waals surface area contributed by atoms with Gasteiger partial charge in [0, 0.05) is 31.2 Å². The van der Waals surface area contributed by atoms with Gasteiger partial charge in [0.2, 0.25) is 0 Å². The first-order chi connectivity index (χ1) is 12.0. The summed E-state index contributed by atoms with van der Waals surface area (Å²) < 4.78 is 5.37. The molecule has 0 spiro atoms. The molecule has 2 N–H and O–H groups in total. The SMILES string of the molecule is CCNC(=NCc1cc(C(C)C)no1)NCC(C)N1CCCCC1C. The van der Waals surface area contributed by atoms with Crippen molar-refractivity contribution in [1.29, 1.82) is 0 Å². The first-order valence-electron chi connectivity index (χ1n) is 9.74. The van der Waals surface area contributed by atoms with E-state index in [0.717, 1.165) is 30.5 Å². The maximum atomic E-state index is 5.37.